The largest absolute Gasteiger partial charge is 0.508 e. The SMILES string of the molecule is C\C=C/C=C(\C=C(/C)F)c1cn(-c2ccc(O)cc2)nn1. The predicted molar refractivity (Wildman–Crippen MR) is 80.7 cm³/mol. The Morgan fingerprint density at radius 3 is 2.62 bits per heavy atom. The van der Waals surface area contributed by atoms with Crippen molar-refractivity contribution in [3.8, 4) is 11.4 Å². The molecule has 0 saturated heterocycles. The number of hydrogen-bond acceptors (Lipinski definition) is 3. The second-order valence-corrected chi connectivity index (χ2v) is 4.44. The summed E-state index contributed by atoms with van der Waals surface area (Å²) in [5.74, 6) is -0.117. The zero-order chi connectivity index (χ0) is 15.2. The summed E-state index contributed by atoms with van der Waals surface area (Å²) in [7, 11) is 0. The number of phenols is 1. The molecule has 1 aromatic heterocycles. The second kappa shape index (κ2) is 6.65. The minimum absolute atomic E-state index is 0.184. The molecule has 0 radical (unpaired) electrons. The lowest BCUT2D eigenvalue weighted by Gasteiger charge is -1.99. The zero-order valence-electron chi connectivity index (χ0n) is 11.9. The van der Waals surface area contributed by atoms with Crippen LogP contribution in [0.15, 0.2) is 60.6 Å². The van der Waals surface area contributed by atoms with Crippen molar-refractivity contribution in [1.29, 1.82) is 0 Å². The third kappa shape index (κ3) is 3.89. The summed E-state index contributed by atoms with van der Waals surface area (Å²) in [5.41, 5.74) is 1.97. The van der Waals surface area contributed by atoms with Gasteiger partial charge in [0, 0.05) is 5.57 Å². The molecule has 1 heterocycles. The van der Waals surface area contributed by atoms with Gasteiger partial charge < -0.3 is 5.11 Å². The molecule has 0 aliphatic rings. The monoisotopic (exact) mass is 285 g/mol. The smallest absolute Gasteiger partial charge is 0.115 e. The Labute approximate surface area is 122 Å². The van der Waals surface area contributed by atoms with Crippen molar-refractivity contribution in [3.63, 3.8) is 0 Å². The molecular weight excluding hydrogens is 269 g/mol. The molecule has 2 rings (SSSR count). The number of allylic oxidation sites excluding steroid dienone is 6. The summed E-state index contributed by atoms with van der Waals surface area (Å²) in [6, 6.07) is 6.58. The van der Waals surface area contributed by atoms with E-state index in [2.05, 4.69) is 10.3 Å². The van der Waals surface area contributed by atoms with Gasteiger partial charge in [-0.3, -0.25) is 0 Å². The Hall–Kier alpha value is -2.69. The molecule has 2 aromatic rings. The van der Waals surface area contributed by atoms with Crippen LogP contribution in [-0.2, 0) is 0 Å². The van der Waals surface area contributed by atoms with Crippen molar-refractivity contribution in [2.75, 3.05) is 0 Å². The highest BCUT2D eigenvalue weighted by molar-refractivity contribution is 5.72. The van der Waals surface area contributed by atoms with Gasteiger partial charge in [0.2, 0.25) is 0 Å². The molecule has 0 unspecified atom stereocenters. The summed E-state index contributed by atoms with van der Waals surface area (Å²) in [6.07, 6.45) is 8.56. The van der Waals surface area contributed by atoms with E-state index in [4.69, 9.17) is 0 Å². The van der Waals surface area contributed by atoms with Crippen LogP contribution in [0, 0.1) is 0 Å². The van der Waals surface area contributed by atoms with E-state index in [1.807, 2.05) is 19.1 Å². The van der Waals surface area contributed by atoms with Crippen molar-refractivity contribution < 1.29 is 9.50 Å². The van der Waals surface area contributed by atoms with Crippen LogP contribution in [0.5, 0.6) is 5.75 Å². The average molecular weight is 285 g/mol. The lowest BCUT2D eigenvalue weighted by Crippen LogP contribution is -1.93. The van der Waals surface area contributed by atoms with Gasteiger partial charge in [0.15, 0.2) is 0 Å². The quantitative estimate of drug-likeness (QED) is 0.869. The van der Waals surface area contributed by atoms with Crippen molar-refractivity contribution in [3.05, 3.63) is 66.3 Å². The first-order chi connectivity index (χ1) is 10.1. The molecule has 0 atom stereocenters. The summed E-state index contributed by atoms with van der Waals surface area (Å²) in [5, 5.41) is 17.4. The molecule has 0 aliphatic heterocycles. The Kier molecular flexibility index (Phi) is 4.66. The van der Waals surface area contributed by atoms with E-state index in [9.17, 15) is 9.50 Å². The maximum atomic E-state index is 13.2. The lowest BCUT2D eigenvalue weighted by molar-refractivity contribution is 0.475. The van der Waals surface area contributed by atoms with Crippen LogP contribution in [0.3, 0.4) is 0 Å². The number of halogens is 1. The van der Waals surface area contributed by atoms with E-state index in [1.165, 1.54) is 13.0 Å². The van der Waals surface area contributed by atoms with Gasteiger partial charge in [-0.1, -0.05) is 23.4 Å². The van der Waals surface area contributed by atoms with Crippen molar-refractivity contribution in [2.45, 2.75) is 13.8 Å². The molecule has 108 valence electrons. The normalized spacial score (nSPS) is 13.1. The van der Waals surface area contributed by atoms with Gasteiger partial charge in [0.25, 0.3) is 0 Å². The molecular formula is C16H16FN3O. The first kappa shape index (κ1) is 14.7. The summed E-state index contributed by atoms with van der Waals surface area (Å²) >= 11 is 0. The van der Waals surface area contributed by atoms with Crippen LogP contribution in [0.4, 0.5) is 4.39 Å². The first-order valence-corrected chi connectivity index (χ1v) is 6.49. The van der Waals surface area contributed by atoms with Gasteiger partial charge in [0.05, 0.1) is 17.7 Å². The molecule has 21 heavy (non-hydrogen) atoms. The minimum atomic E-state index is -0.301. The van der Waals surface area contributed by atoms with E-state index >= 15 is 0 Å². The number of benzene rings is 1. The van der Waals surface area contributed by atoms with Gasteiger partial charge in [-0.05, 0) is 44.2 Å². The number of nitrogens with zero attached hydrogens (tertiary/aromatic N) is 3. The molecule has 0 amide bonds. The number of hydrogen-bond donors (Lipinski definition) is 1. The van der Waals surface area contributed by atoms with E-state index < -0.39 is 0 Å². The first-order valence-electron chi connectivity index (χ1n) is 6.49. The van der Waals surface area contributed by atoms with Crippen LogP contribution < -0.4 is 0 Å². The molecule has 1 N–H and O–H groups in total. The third-order valence-corrected chi connectivity index (χ3v) is 2.73. The molecule has 0 bridgehead atoms. The Balaban J connectivity index is 2.36. The Morgan fingerprint density at radius 2 is 2.00 bits per heavy atom. The van der Waals surface area contributed by atoms with Gasteiger partial charge >= 0.3 is 0 Å². The second-order valence-electron chi connectivity index (χ2n) is 4.44. The van der Waals surface area contributed by atoms with E-state index in [0.29, 0.717) is 11.3 Å². The highest BCUT2D eigenvalue weighted by Gasteiger charge is 2.06. The minimum Gasteiger partial charge on any atom is -0.508 e. The molecule has 4 nitrogen and oxygen atoms in total. The molecule has 5 heteroatoms. The Bertz CT molecular complexity index is 693. The maximum absolute atomic E-state index is 13.2. The fraction of sp³-hybridized carbons (Fsp3) is 0.125. The lowest BCUT2D eigenvalue weighted by atomic mass is 10.1. The number of aromatic hydroxyl groups is 1. The topological polar surface area (TPSA) is 50.9 Å². The molecule has 0 saturated carbocycles. The van der Waals surface area contributed by atoms with Crippen LogP contribution in [0.1, 0.15) is 19.5 Å². The van der Waals surface area contributed by atoms with Gasteiger partial charge in [-0.25, -0.2) is 9.07 Å². The van der Waals surface area contributed by atoms with Crippen molar-refractivity contribution >= 4 is 5.57 Å². The summed E-state index contributed by atoms with van der Waals surface area (Å²) in [6.45, 7) is 3.27. The molecule has 0 spiro atoms. The van der Waals surface area contributed by atoms with Gasteiger partial charge in [0.1, 0.15) is 11.4 Å². The fourth-order valence-corrected chi connectivity index (χ4v) is 1.75. The molecule has 1 aromatic carbocycles. The number of phenolic OH excluding ortho intramolecular Hbond substituents is 1. The highest BCUT2D eigenvalue weighted by Crippen LogP contribution is 2.18. The Morgan fingerprint density at radius 1 is 1.29 bits per heavy atom. The van der Waals surface area contributed by atoms with Crippen LogP contribution in [0.25, 0.3) is 11.3 Å². The molecule has 0 aliphatic carbocycles. The van der Waals surface area contributed by atoms with E-state index in [-0.39, 0.29) is 11.6 Å². The van der Waals surface area contributed by atoms with Gasteiger partial charge in [-0.15, -0.1) is 5.10 Å². The number of rotatable bonds is 4. The summed E-state index contributed by atoms with van der Waals surface area (Å²) < 4.78 is 14.7. The predicted octanol–water partition coefficient (Wildman–Crippen LogP) is 3.81. The highest BCUT2D eigenvalue weighted by atomic mass is 19.1. The fourth-order valence-electron chi connectivity index (χ4n) is 1.75. The van der Waals surface area contributed by atoms with Crippen molar-refractivity contribution in [2.24, 2.45) is 0 Å². The maximum Gasteiger partial charge on any atom is 0.115 e. The van der Waals surface area contributed by atoms with Gasteiger partial charge in [-0.2, -0.15) is 0 Å². The average Bonchev–Trinajstić information content (AvgIpc) is 2.93. The third-order valence-electron chi connectivity index (χ3n) is 2.73. The summed E-state index contributed by atoms with van der Waals surface area (Å²) in [4.78, 5) is 0. The van der Waals surface area contributed by atoms with Crippen LogP contribution in [0.2, 0.25) is 0 Å². The van der Waals surface area contributed by atoms with E-state index in [0.717, 1.165) is 5.69 Å². The zero-order valence-corrected chi connectivity index (χ0v) is 11.9. The van der Waals surface area contributed by atoms with E-state index in [1.54, 1.807) is 41.2 Å². The van der Waals surface area contributed by atoms with Crippen molar-refractivity contribution in [1.82, 2.24) is 15.0 Å². The van der Waals surface area contributed by atoms with Crippen LogP contribution in [-0.4, -0.2) is 20.1 Å². The standard InChI is InChI=1S/C16H16FN3O/c1-3-4-5-13(10-12(2)17)16-11-20(19-18-16)14-6-8-15(21)9-7-14/h3-11,21H,1-2H3/b4-3-,12-10+,13-5+. The number of aromatic nitrogens is 3. The molecule has 0 fully saturated rings. The van der Waals surface area contributed by atoms with Crippen LogP contribution >= 0.6 is 0 Å².